The molecule has 0 aliphatic carbocycles. The molecule has 0 radical (unpaired) electrons. The van der Waals surface area contributed by atoms with Crippen LogP contribution < -0.4 is 4.74 Å². The second kappa shape index (κ2) is 6.89. The van der Waals surface area contributed by atoms with E-state index in [9.17, 15) is 9.18 Å². The summed E-state index contributed by atoms with van der Waals surface area (Å²) in [7, 11) is 0. The number of aromatic nitrogens is 2. The Balaban J connectivity index is 1.60. The van der Waals surface area contributed by atoms with Crippen molar-refractivity contribution in [1.29, 1.82) is 0 Å². The highest BCUT2D eigenvalue weighted by Crippen LogP contribution is 2.35. The van der Waals surface area contributed by atoms with Crippen molar-refractivity contribution < 1.29 is 13.9 Å². The Kier molecular flexibility index (Phi) is 4.41. The molecule has 4 rings (SSSR count). The van der Waals surface area contributed by atoms with Crippen molar-refractivity contribution in [2.45, 2.75) is 13.8 Å². The van der Waals surface area contributed by atoms with E-state index in [1.807, 2.05) is 13.8 Å². The average molecular weight is 378 g/mol. The first-order chi connectivity index (χ1) is 13.0. The third-order valence-corrected chi connectivity index (χ3v) is 5.48. The number of ether oxygens (including phenoxy) is 1. The summed E-state index contributed by atoms with van der Waals surface area (Å²) >= 11 is 1.61. The molecule has 0 spiro atoms. The topological polar surface area (TPSA) is 52.1 Å². The van der Waals surface area contributed by atoms with E-state index >= 15 is 0 Å². The van der Waals surface area contributed by atoms with Gasteiger partial charge in [-0.2, -0.15) is 0 Å². The number of nitrogens with zero attached hydrogens (tertiary/aromatic N) is 2. The van der Waals surface area contributed by atoms with Crippen LogP contribution in [-0.2, 0) is 0 Å². The van der Waals surface area contributed by atoms with Gasteiger partial charge in [-0.15, -0.1) is 11.3 Å². The van der Waals surface area contributed by atoms with Gasteiger partial charge in [0.1, 0.15) is 22.7 Å². The van der Waals surface area contributed by atoms with Gasteiger partial charge in [-0.3, -0.25) is 4.79 Å². The number of hydrogen-bond acceptors (Lipinski definition) is 5. The second-order valence-electron chi connectivity index (χ2n) is 6.10. The molecular formula is C21H15FN2O2S. The SMILES string of the molecule is Cc1sc2ncnc(Oc3ccc(C(=O)c4ccc(F)cc4)cc3)c2c1C. The lowest BCUT2D eigenvalue weighted by Crippen LogP contribution is -2.01. The van der Waals surface area contributed by atoms with E-state index in [0.29, 0.717) is 22.8 Å². The van der Waals surface area contributed by atoms with Crippen LogP contribution in [0.2, 0.25) is 0 Å². The molecule has 2 heterocycles. The van der Waals surface area contributed by atoms with Crippen molar-refractivity contribution in [3.8, 4) is 11.6 Å². The molecule has 134 valence electrons. The van der Waals surface area contributed by atoms with Crippen LogP contribution in [0.4, 0.5) is 4.39 Å². The van der Waals surface area contributed by atoms with Crippen LogP contribution in [-0.4, -0.2) is 15.8 Å². The smallest absolute Gasteiger partial charge is 0.231 e. The van der Waals surface area contributed by atoms with E-state index < -0.39 is 0 Å². The summed E-state index contributed by atoms with van der Waals surface area (Å²) in [5.41, 5.74) is 2.05. The largest absolute Gasteiger partial charge is 0.438 e. The van der Waals surface area contributed by atoms with Gasteiger partial charge in [-0.05, 0) is 67.9 Å². The molecule has 0 saturated carbocycles. The first-order valence-corrected chi connectivity index (χ1v) is 9.13. The number of aryl methyl sites for hydroxylation is 2. The maximum absolute atomic E-state index is 13.0. The van der Waals surface area contributed by atoms with Crippen LogP contribution in [0.1, 0.15) is 26.4 Å². The Morgan fingerprint density at radius 2 is 1.59 bits per heavy atom. The standard InChI is InChI=1S/C21H15FN2O2S/c1-12-13(2)27-21-18(12)20(23-11-24-21)26-17-9-5-15(6-10-17)19(25)14-3-7-16(22)8-4-14/h3-11H,1-2H3. The van der Waals surface area contributed by atoms with Gasteiger partial charge in [0.2, 0.25) is 5.88 Å². The number of fused-ring (bicyclic) bond motifs is 1. The number of ketones is 1. The van der Waals surface area contributed by atoms with Crippen molar-refractivity contribution in [3.63, 3.8) is 0 Å². The third-order valence-electron chi connectivity index (χ3n) is 4.37. The molecule has 0 fully saturated rings. The molecule has 4 aromatic rings. The van der Waals surface area contributed by atoms with Crippen LogP contribution in [0.3, 0.4) is 0 Å². The van der Waals surface area contributed by atoms with Crippen LogP contribution in [0.15, 0.2) is 54.9 Å². The number of rotatable bonds is 4. The summed E-state index contributed by atoms with van der Waals surface area (Å²) < 4.78 is 19.0. The van der Waals surface area contributed by atoms with Gasteiger partial charge in [-0.25, -0.2) is 14.4 Å². The number of benzene rings is 2. The molecule has 27 heavy (non-hydrogen) atoms. The minimum Gasteiger partial charge on any atom is -0.438 e. The molecule has 0 unspecified atom stereocenters. The number of thiophene rings is 1. The predicted octanol–water partition coefficient (Wildman–Crippen LogP) is 5.47. The monoisotopic (exact) mass is 378 g/mol. The van der Waals surface area contributed by atoms with E-state index in [0.717, 1.165) is 15.8 Å². The van der Waals surface area contributed by atoms with Crippen molar-refractivity contribution in [2.75, 3.05) is 0 Å². The Hall–Kier alpha value is -3.12. The number of halogens is 1. The van der Waals surface area contributed by atoms with E-state index in [-0.39, 0.29) is 11.6 Å². The van der Waals surface area contributed by atoms with Gasteiger partial charge in [0.05, 0.1) is 5.39 Å². The maximum atomic E-state index is 13.0. The zero-order valence-corrected chi connectivity index (χ0v) is 15.5. The quantitative estimate of drug-likeness (QED) is 0.442. The van der Waals surface area contributed by atoms with Gasteiger partial charge in [0, 0.05) is 16.0 Å². The summed E-state index contributed by atoms with van der Waals surface area (Å²) in [6.45, 7) is 4.07. The van der Waals surface area contributed by atoms with E-state index in [2.05, 4.69) is 9.97 Å². The van der Waals surface area contributed by atoms with Crippen molar-refractivity contribution >= 4 is 27.3 Å². The minimum absolute atomic E-state index is 0.171. The highest BCUT2D eigenvalue weighted by atomic mass is 32.1. The molecule has 2 aromatic heterocycles. The van der Waals surface area contributed by atoms with E-state index in [4.69, 9.17) is 4.74 Å². The van der Waals surface area contributed by atoms with Crippen LogP contribution in [0.5, 0.6) is 11.6 Å². The number of carbonyl (C=O) groups excluding carboxylic acids is 1. The maximum Gasteiger partial charge on any atom is 0.231 e. The average Bonchev–Trinajstić information content (AvgIpc) is 2.97. The van der Waals surface area contributed by atoms with Crippen molar-refractivity contribution in [1.82, 2.24) is 9.97 Å². The predicted molar refractivity (Wildman–Crippen MR) is 103 cm³/mol. The molecule has 0 aliphatic heterocycles. The Morgan fingerprint density at radius 3 is 2.26 bits per heavy atom. The van der Waals surface area contributed by atoms with Gasteiger partial charge in [-0.1, -0.05) is 0 Å². The van der Waals surface area contributed by atoms with E-state index in [1.165, 1.54) is 35.5 Å². The summed E-state index contributed by atoms with van der Waals surface area (Å²) in [6.07, 6.45) is 1.49. The van der Waals surface area contributed by atoms with Gasteiger partial charge in [0.15, 0.2) is 5.78 Å². The molecule has 0 atom stereocenters. The summed E-state index contributed by atoms with van der Waals surface area (Å²) in [5, 5.41) is 0.909. The van der Waals surface area contributed by atoms with Crippen molar-refractivity contribution in [3.05, 3.63) is 82.2 Å². The van der Waals surface area contributed by atoms with Gasteiger partial charge >= 0.3 is 0 Å². The van der Waals surface area contributed by atoms with Gasteiger partial charge < -0.3 is 4.74 Å². The zero-order valence-electron chi connectivity index (χ0n) is 14.7. The Bertz CT molecular complexity index is 1140. The molecule has 0 N–H and O–H groups in total. The lowest BCUT2D eigenvalue weighted by atomic mass is 10.0. The van der Waals surface area contributed by atoms with Crippen molar-refractivity contribution in [2.24, 2.45) is 0 Å². The Labute approximate surface area is 159 Å². The molecule has 4 nitrogen and oxygen atoms in total. The highest BCUT2D eigenvalue weighted by molar-refractivity contribution is 7.18. The Morgan fingerprint density at radius 1 is 0.963 bits per heavy atom. The van der Waals surface area contributed by atoms with Crippen LogP contribution >= 0.6 is 11.3 Å². The first kappa shape index (κ1) is 17.3. The summed E-state index contributed by atoms with van der Waals surface area (Å²) in [5.74, 6) is 0.536. The molecule has 0 aliphatic rings. The third kappa shape index (κ3) is 3.31. The molecule has 0 bridgehead atoms. The molecule has 6 heteroatoms. The van der Waals surface area contributed by atoms with Gasteiger partial charge in [0.25, 0.3) is 0 Å². The number of hydrogen-bond donors (Lipinski definition) is 0. The van der Waals surface area contributed by atoms with E-state index in [1.54, 1.807) is 35.6 Å². The molecule has 2 aromatic carbocycles. The fourth-order valence-electron chi connectivity index (χ4n) is 2.78. The first-order valence-electron chi connectivity index (χ1n) is 8.32. The normalized spacial score (nSPS) is 10.9. The molecular weight excluding hydrogens is 363 g/mol. The molecule has 0 saturated heterocycles. The van der Waals surface area contributed by atoms with Crippen LogP contribution in [0.25, 0.3) is 10.2 Å². The second-order valence-corrected chi connectivity index (χ2v) is 7.31. The highest BCUT2D eigenvalue weighted by Gasteiger charge is 2.14. The number of carbonyl (C=O) groups is 1. The molecule has 0 amide bonds. The lowest BCUT2D eigenvalue weighted by molar-refractivity contribution is 0.103. The summed E-state index contributed by atoms with van der Waals surface area (Å²) in [4.78, 5) is 23.1. The van der Waals surface area contributed by atoms with Crippen LogP contribution in [0, 0.1) is 19.7 Å². The fraction of sp³-hybridized carbons (Fsp3) is 0.0952. The fourth-order valence-corrected chi connectivity index (χ4v) is 3.77. The lowest BCUT2D eigenvalue weighted by Gasteiger charge is -2.07. The zero-order chi connectivity index (χ0) is 19.0. The summed E-state index contributed by atoms with van der Waals surface area (Å²) in [6, 6.07) is 12.3. The minimum atomic E-state index is -0.370.